The van der Waals surface area contributed by atoms with Crippen molar-refractivity contribution in [3.05, 3.63) is 0 Å². The predicted molar refractivity (Wildman–Crippen MR) is 76.4 cm³/mol. The van der Waals surface area contributed by atoms with Gasteiger partial charge < -0.3 is 10.2 Å². The van der Waals surface area contributed by atoms with Gasteiger partial charge in [0.1, 0.15) is 0 Å². The monoisotopic (exact) mass is 240 g/mol. The summed E-state index contributed by atoms with van der Waals surface area (Å²) in [5.74, 6) is 0.775. The van der Waals surface area contributed by atoms with E-state index in [1.807, 2.05) is 0 Å². The largest absolute Gasteiger partial charge is 0.316 e. The molecule has 1 saturated heterocycles. The molecule has 0 aromatic carbocycles. The molecule has 0 amide bonds. The van der Waals surface area contributed by atoms with Gasteiger partial charge in [0, 0.05) is 6.04 Å². The third-order valence-corrected chi connectivity index (χ3v) is 3.82. The van der Waals surface area contributed by atoms with Gasteiger partial charge in [-0.2, -0.15) is 0 Å². The standard InChI is InChI=1S/C15H32N2/c1-4-15-9-6-5-7-11-17(15)12-8-10-16-13-14(2)3/h14-16H,4-13H2,1-3H3. The van der Waals surface area contributed by atoms with E-state index in [0.29, 0.717) is 0 Å². The molecule has 1 N–H and O–H groups in total. The topological polar surface area (TPSA) is 15.3 Å². The number of hydrogen-bond donors (Lipinski definition) is 1. The highest BCUT2D eigenvalue weighted by molar-refractivity contribution is 4.74. The first-order valence-electron chi connectivity index (χ1n) is 7.68. The summed E-state index contributed by atoms with van der Waals surface area (Å²) in [6, 6.07) is 0.864. The number of nitrogens with zero attached hydrogens (tertiary/aromatic N) is 1. The van der Waals surface area contributed by atoms with Crippen molar-refractivity contribution in [3.8, 4) is 0 Å². The molecule has 0 saturated carbocycles. The van der Waals surface area contributed by atoms with Crippen molar-refractivity contribution < 1.29 is 0 Å². The molecule has 1 atom stereocenters. The third kappa shape index (κ3) is 6.42. The van der Waals surface area contributed by atoms with E-state index in [1.165, 1.54) is 58.2 Å². The predicted octanol–water partition coefficient (Wildman–Crippen LogP) is 3.28. The molecule has 0 aliphatic carbocycles. The van der Waals surface area contributed by atoms with Crippen molar-refractivity contribution >= 4 is 0 Å². The fourth-order valence-electron chi connectivity index (χ4n) is 2.79. The Balaban J connectivity index is 2.14. The Hall–Kier alpha value is -0.0800. The Bertz CT molecular complexity index is 180. The van der Waals surface area contributed by atoms with Gasteiger partial charge in [0.05, 0.1) is 0 Å². The van der Waals surface area contributed by atoms with Crippen LogP contribution in [0, 0.1) is 5.92 Å². The maximum absolute atomic E-state index is 3.55. The van der Waals surface area contributed by atoms with Crippen molar-refractivity contribution in [1.29, 1.82) is 0 Å². The Morgan fingerprint density at radius 2 is 2.06 bits per heavy atom. The molecule has 2 nitrogen and oxygen atoms in total. The van der Waals surface area contributed by atoms with Crippen molar-refractivity contribution in [1.82, 2.24) is 10.2 Å². The van der Waals surface area contributed by atoms with Crippen LogP contribution >= 0.6 is 0 Å². The molecule has 1 aliphatic rings. The lowest BCUT2D eigenvalue weighted by Crippen LogP contribution is -2.36. The minimum absolute atomic E-state index is 0.775. The maximum atomic E-state index is 3.55. The highest BCUT2D eigenvalue weighted by Crippen LogP contribution is 2.18. The summed E-state index contributed by atoms with van der Waals surface area (Å²) in [4.78, 5) is 2.74. The summed E-state index contributed by atoms with van der Waals surface area (Å²) in [7, 11) is 0. The summed E-state index contributed by atoms with van der Waals surface area (Å²) >= 11 is 0. The number of rotatable bonds is 7. The number of nitrogens with one attached hydrogen (secondary N) is 1. The minimum atomic E-state index is 0.775. The molecule has 1 aliphatic heterocycles. The van der Waals surface area contributed by atoms with E-state index in [1.54, 1.807) is 0 Å². The second kappa shape index (κ2) is 8.93. The number of likely N-dealkylation sites (tertiary alicyclic amines) is 1. The van der Waals surface area contributed by atoms with Gasteiger partial charge in [0.25, 0.3) is 0 Å². The zero-order chi connectivity index (χ0) is 12.5. The van der Waals surface area contributed by atoms with Crippen molar-refractivity contribution in [3.63, 3.8) is 0 Å². The van der Waals surface area contributed by atoms with Crippen LogP contribution in [0.15, 0.2) is 0 Å². The van der Waals surface area contributed by atoms with Gasteiger partial charge in [-0.05, 0) is 57.8 Å². The molecule has 0 aromatic heterocycles. The van der Waals surface area contributed by atoms with Gasteiger partial charge in [-0.1, -0.05) is 33.6 Å². The van der Waals surface area contributed by atoms with Crippen LogP contribution in [-0.4, -0.2) is 37.1 Å². The summed E-state index contributed by atoms with van der Waals surface area (Å²) in [6.07, 6.45) is 8.37. The molecule has 1 heterocycles. The molecule has 0 bridgehead atoms. The first-order chi connectivity index (χ1) is 8.24. The Kier molecular flexibility index (Phi) is 7.87. The van der Waals surface area contributed by atoms with Gasteiger partial charge in [-0.15, -0.1) is 0 Å². The van der Waals surface area contributed by atoms with E-state index in [2.05, 4.69) is 31.0 Å². The quantitative estimate of drug-likeness (QED) is 0.687. The molecule has 17 heavy (non-hydrogen) atoms. The molecule has 1 fully saturated rings. The Morgan fingerprint density at radius 3 is 2.76 bits per heavy atom. The molecule has 0 radical (unpaired) electrons. The number of hydrogen-bond acceptors (Lipinski definition) is 2. The summed E-state index contributed by atoms with van der Waals surface area (Å²) in [5.41, 5.74) is 0. The third-order valence-electron chi connectivity index (χ3n) is 3.82. The van der Waals surface area contributed by atoms with Gasteiger partial charge in [-0.3, -0.25) is 0 Å². The van der Waals surface area contributed by atoms with Crippen LogP contribution in [0.5, 0.6) is 0 Å². The van der Waals surface area contributed by atoms with Crippen LogP contribution in [-0.2, 0) is 0 Å². The lowest BCUT2D eigenvalue weighted by Gasteiger charge is -2.29. The Labute approximate surface area is 108 Å². The van der Waals surface area contributed by atoms with Crippen molar-refractivity contribution in [2.24, 2.45) is 5.92 Å². The van der Waals surface area contributed by atoms with E-state index in [-0.39, 0.29) is 0 Å². The van der Waals surface area contributed by atoms with Gasteiger partial charge in [0.15, 0.2) is 0 Å². The lowest BCUT2D eigenvalue weighted by atomic mass is 10.1. The first-order valence-corrected chi connectivity index (χ1v) is 7.68. The van der Waals surface area contributed by atoms with E-state index in [0.717, 1.165) is 18.5 Å². The van der Waals surface area contributed by atoms with E-state index in [4.69, 9.17) is 0 Å². The fourth-order valence-corrected chi connectivity index (χ4v) is 2.79. The lowest BCUT2D eigenvalue weighted by molar-refractivity contribution is 0.192. The van der Waals surface area contributed by atoms with Crippen LogP contribution in [0.3, 0.4) is 0 Å². The molecule has 0 spiro atoms. The van der Waals surface area contributed by atoms with E-state index in [9.17, 15) is 0 Å². The molecule has 1 unspecified atom stereocenters. The average Bonchev–Trinajstić information content (AvgIpc) is 2.53. The van der Waals surface area contributed by atoms with Crippen LogP contribution in [0.1, 0.15) is 59.3 Å². The molecular weight excluding hydrogens is 208 g/mol. The zero-order valence-corrected chi connectivity index (χ0v) is 12.2. The fraction of sp³-hybridized carbons (Fsp3) is 1.00. The molecule has 2 heteroatoms. The van der Waals surface area contributed by atoms with Crippen LogP contribution in [0.2, 0.25) is 0 Å². The van der Waals surface area contributed by atoms with Gasteiger partial charge in [-0.25, -0.2) is 0 Å². The normalized spacial score (nSPS) is 22.9. The van der Waals surface area contributed by atoms with Crippen molar-refractivity contribution in [2.75, 3.05) is 26.2 Å². The second-order valence-corrected chi connectivity index (χ2v) is 5.90. The highest BCUT2D eigenvalue weighted by Gasteiger charge is 2.18. The summed E-state index contributed by atoms with van der Waals surface area (Å²) in [5, 5.41) is 3.55. The minimum Gasteiger partial charge on any atom is -0.316 e. The summed E-state index contributed by atoms with van der Waals surface area (Å²) in [6.45, 7) is 11.9. The molecular formula is C15H32N2. The van der Waals surface area contributed by atoms with Crippen molar-refractivity contribution in [2.45, 2.75) is 65.3 Å². The van der Waals surface area contributed by atoms with Gasteiger partial charge >= 0.3 is 0 Å². The molecule has 0 aromatic rings. The smallest absolute Gasteiger partial charge is 0.00926 e. The SMILES string of the molecule is CCC1CCCCCN1CCCNCC(C)C. The second-order valence-electron chi connectivity index (χ2n) is 5.90. The zero-order valence-electron chi connectivity index (χ0n) is 12.2. The van der Waals surface area contributed by atoms with Crippen LogP contribution in [0.4, 0.5) is 0 Å². The highest BCUT2D eigenvalue weighted by atomic mass is 15.2. The van der Waals surface area contributed by atoms with Crippen LogP contribution < -0.4 is 5.32 Å². The Morgan fingerprint density at radius 1 is 1.24 bits per heavy atom. The molecule has 1 rings (SSSR count). The van der Waals surface area contributed by atoms with E-state index >= 15 is 0 Å². The molecule has 102 valence electrons. The first kappa shape index (κ1) is 15.0. The van der Waals surface area contributed by atoms with Crippen LogP contribution in [0.25, 0.3) is 0 Å². The van der Waals surface area contributed by atoms with Gasteiger partial charge in [0.2, 0.25) is 0 Å². The summed E-state index contributed by atoms with van der Waals surface area (Å²) < 4.78 is 0. The average molecular weight is 240 g/mol. The van der Waals surface area contributed by atoms with E-state index < -0.39 is 0 Å². The maximum Gasteiger partial charge on any atom is 0.00926 e.